The largest absolute Gasteiger partial charge is 0.352 e. The Balaban J connectivity index is 2.52. The van der Waals surface area contributed by atoms with Crippen LogP contribution in [0, 0.1) is 5.92 Å². The van der Waals surface area contributed by atoms with Crippen LogP contribution in [0.5, 0.6) is 0 Å². The fourth-order valence-corrected chi connectivity index (χ4v) is 1.94. The van der Waals surface area contributed by atoms with Crippen LogP contribution in [0.1, 0.15) is 20.8 Å². The van der Waals surface area contributed by atoms with E-state index in [1.165, 1.54) is 0 Å². The molecule has 1 aliphatic rings. The van der Waals surface area contributed by atoms with E-state index in [-0.39, 0.29) is 5.91 Å². The Bertz CT molecular complexity index is 371. The minimum Gasteiger partial charge on any atom is -0.352 e. The molecular formula is C13H21N3O. The van der Waals surface area contributed by atoms with E-state index in [9.17, 15) is 4.79 Å². The second kappa shape index (κ2) is 5.66. The number of nitrogens with zero attached hydrogens (tertiary/aromatic N) is 2. The highest BCUT2D eigenvalue weighted by Crippen LogP contribution is 2.19. The van der Waals surface area contributed by atoms with Gasteiger partial charge >= 0.3 is 0 Å². The minimum absolute atomic E-state index is 0.0422. The summed E-state index contributed by atoms with van der Waals surface area (Å²) in [5.74, 6) is 0.250. The molecule has 94 valence electrons. The van der Waals surface area contributed by atoms with Gasteiger partial charge in [-0.15, -0.1) is 0 Å². The molecule has 2 unspecified atom stereocenters. The third kappa shape index (κ3) is 3.19. The van der Waals surface area contributed by atoms with Crippen LogP contribution < -0.4 is 5.32 Å². The predicted molar refractivity (Wildman–Crippen MR) is 70.8 cm³/mol. The number of carbonyl (C=O) groups is 1. The zero-order valence-corrected chi connectivity index (χ0v) is 11.0. The first kappa shape index (κ1) is 13.5. The number of amides is 1. The normalized spacial score (nSPS) is 24.6. The smallest absolute Gasteiger partial charge is 0.246 e. The number of hydrogen-bond donors (Lipinski definition) is 1. The summed E-state index contributed by atoms with van der Waals surface area (Å²) in [7, 11) is 1.96. The number of hydrogen-bond acceptors (Lipinski definition) is 3. The molecule has 2 atom stereocenters. The van der Waals surface area contributed by atoms with Gasteiger partial charge in [-0.3, -0.25) is 9.80 Å². The van der Waals surface area contributed by atoms with Crippen molar-refractivity contribution in [1.29, 1.82) is 0 Å². The lowest BCUT2D eigenvalue weighted by atomic mass is 9.98. The summed E-state index contributed by atoms with van der Waals surface area (Å²) in [6, 6.07) is 0.332. The topological polar surface area (TPSA) is 44.7 Å². The van der Waals surface area contributed by atoms with Crippen LogP contribution in [0.3, 0.4) is 0 Å². The van der Waals surface area contributed by atoms with Crippen molar-refractivity contribution in [1.82, 2.24) is 10.3 Å². The molecule has 1 amide bonds. The van der Waals surface area contributed by atoms with Gasteiger partial charge in [-0.05, 0) is 20.8 Å². The maximum absolute atomic E-state index is 11.7. The van der Waals surface area contributed by atoms with Gasteiger partial charge in [-0.2, -0.15) is 5.10 Å². The van der Waals surface area contributed by atoms with Crippen molar-refractivity contribution < 1.29 is 4.79 Å². The van der Waals surface area contributed by atoms with Crippen molar-refractivity contribution in [3.05, 3.63) is 24.3 Å². The maximum atomic E-state index is 11.7. The summed E-state index contributed by atoms with van der Waals surface area (Å²) in [5.41, 5.74) is 1.75. The maximum Gasteiger partial charge on any atom is 0.246 e. The molecule has 0 saturated heterocycles. The molecule has 0 radical (unpaired) electrons. The summed E-state index contributed by atoms with van der Waals surface area (Å²) in [6.07, 6.45) is 3.33. The van der Waals surface area contributed by atoms with Gasteiger partial charge in [-0.1, -0.05) is 18.7 Å². The lowest BCUT2D eigenvalue weighted by Gasteiger charge is -2.21. The highest BCUT2D eigenvalue weighted by atomic mass is 16.1. The van der Waals surface area contributed by atoms with Gasteiger partial charge < -0.3 is 5.32 Å². The van der Waals surface area contributed by atoms with Crippen LogP contribution >= 0.6 is 0 Å². The lowest BCUT2D eigenvalue weighted by Crippen LogP contribution is -2.38. The Morgan fingerprint density at radius 2 is 2.29 bits per heavy atom. The zero-order valence-electron chi connectivity index (χ0n) is 11.0. The molecule has 0 aliphatic carbocycles. The molecule has 0 bridgehead atoms. The van der Waals surface area contributed by atoms with E-state index in [2.05, 4.69) is 23.9 Å². The third-order valence-corrected chi connectivity index (χ3v) is 3.23. The Labute approximate surface area is 103 Å². The van der Waals surface area contributed by atoms with Crippen molar-refractivity contribution in [3.8, 4) is 0 Å². The Kier molecular flexibility index (Phi) is 4.49. The zero-order chi connectivity index (χ0) is 13.0. The number of nitrogens with one attached hydrogen (secondary N) is 1. The van der Waals surface area contributed by atoms with Crippen molar-refractivity contribution >= 4 is 11.6 Å². The number of allylic oxidation sites excluding steroid dienone is 2. The van der Waals surface area contributed by atoms with Crippen LogP contribution in [-0.2, 0) is 4.79 Å². The summed E-state index contributed by atoms with van der Waals surface area (Å²) in [4.78, 5) is 11.7. The molecule has 0 saturated carbocycles. The summed E-state index contributed by atoms with van der Waals surface area (Å²) >= 11 is 0. The van der Waals surface area contributed by atoms with Crippen molar-refractivity contribution in [2.45, 2.75) is 26.8 Å². The Morgan fingerprint density at radius 3 is 2.76 bits per heavy atom. The summed E-state index contributed by atoms with van der Waals surface area (Å²) < 4.78 is 0. The quantitative estimate of drug-likeness (QED) is 0.593. The van der Waals surface area contributed by atoms with Gasteiger partial charge in [-0.25, -0.2) is 0 Å². The molecule has 4 heteroatoms. The van der Waals surface area contributed by atoms with Gasteiger partial charge in [0.25, 0.3) is 0 Å². The van der Waals surface area contributed by atoms with E-state index in [1.54, 1.807) is 19.1 Å². The van der Waals surface area contributed by atoms with E-state index in [0.717, 1.165) is 5.71 Å². The van der Waals surface area contributed by atoms with Gasteiger partial charge in [0.2, 0.25) is 5.91 Å². The standard InChI is InChI=1S/C13H21N3O/c1-6-7-9(2)13(17)14-8-12-10(3)15-16(5)11(12)4/h6-7,11-12H,1,8H2,2-5H3,(H,14,17)/b9-7+. The van der Waals surface area contributed by atoms with Crippen molar-refractivity contribution in [2.24, 2.45) is 11.0 Å². The molecule has 0 fully saturated rings. The van der Waals surface area contributed by atoms with E-state index in [4.69, 9.17) is 0 Å². The molecule has 0 aromatic heterocycles. The second-order valence-corrected chi connectivity index (χ2v) is 4.46. The molecule has 4 nitrogen and oxygen atoms in total. The van der Waals surface area contributed by atoms with Crippen LogP contribution in [0.15, 0.2) is 29.4 Å². The first-order chi connectivity index (χ1) is 7.97. The molecule has 1 N–H and O–H groups in total. The van der Waals surface area contributed by atoms with Crippen LogP contribution in [-0.4, -0.2) is 36.3 Å². The predicted octanol–water partition coefficient (Wildman–Crippen LogP) is 1.56. The SMILES string of the molecule is C=C/C=C(\C)C(=O)NCC1C(C)=NN(C)C1C. The average Bonchev–Trinajstić information content (AvgIpc) is 2.51. The van der Waals surface area contributed by atoms with E-state index >= 15 is 0 Å². The lowest BCUT2D eigenvalue weighted by molar-refractivity contribution is -0.117. The highest BCUT2D eigenvalue weighted by Gasteiger charge is 2.29. The number of rotatable bonds is 4. The molecule has 1 aliphatic heterocycles. The van der Waals surface area contributed by atoms with E-state index in [1.807, 2.05) is 19.0 Å². The van der Waals surface area contributed by atoms with Crippen LogP contribution in [0.2, 0.25) is 0 Å². The summed E-state index contributed by atoms with van der Waals surface area (Å²) in [6.45, 7) is 10.1. The first-order valence-corrected chi connectivity index (χ1v) is 5.82. The average molecular weight is 235 g/mol. The fraction of sp³-hybridized carbons (Fsp3) is 0.538. The first-order valence-electron chi connectivity index (χ1n) is 5.82. The second-order valence-electron chi connectivity index (χ2n) is 4.46. The van der Waals surface area contributed by atoms with Gasteiger partial charge in [0.05, 0.1) is 6.04 Å². The molecule has 0 aromatic rings. The molecule has 1 rings (SSSR count). The van der Waals surface area contributed by atoms with Gasteiger partial charge in [0, 0.05) is 30.8 Å². The third-order valence-electron chi connectivity index (χ3n) is 3.23. The molecule has 0 spiro atoms. The molecular weight excluding hydrogens is 214 g/mol. The molecule has 17 heavy (non-hydrogen) atoms. The van der Waals surface area contributed by atoms with Crippen molar-refractivity contribution in [2.75, 3.05) is 13.6 Å². The van der Waals surface area contributed by atoms with Crippen LogP contribution in [0.25, 0.3) is 0 Å². The van der Waals surface area contributed by atoms with Crippen LogP contribution in [0.4, 0.5) is 0 Å². The van der Waals surface area contributed by atoms with Gasteiger partial charge in [0.1, 0.15) is 0 Å². The van der Waals surface area contributed by atoms with Crippen molar-refractivity contribution in [3.63, 3.8) is 0 Å². The Morgan fingerprint density at radius 1 is 1.65 bits per heavy atom. The minimum atomic E-state index is -0.0422. The monoisotopic (exact) mass is 235 g/mol. The fourth-order valence-electron chi connectivity index (χ4n) is 1.94. The Hall–Kier alpha value is -1.58. The van der Waals surface area contributed by atoms with Gasteiger partial charge in [0.15, 0.2) is 0 Å². The number of hydrazone groups is 1. The number of carbonyl (C=O) groups excluding carboxylic acids is 1. The highest BCUT2D eigenvalue weighted by molar-refractivity contribution is 5.94. The van der Waals surface area contributed by atoms with E-state index in [0.29, 0.717) is 24.1 Å². The van der Waals surface area contributed by atoms with E-state index < -0.39 is 0 Å². The molecule has 1 heterocycles. The molecule has 0 aromatic carbocycles. The summed E-state index contributed by atoms with van der Waals surface area (Å²) in [5, 5.41) is 9.25.